The maximum atomic E-state index is 3.88. The lowest BCUT2D eigenvalue weighted by Crippen LogP contribution is -2.42. The molecule has 0 aromatic heterocycles. The normalized spacial score (nSPS) is 32.2. The predicted molar refractivity (Wildman–Crippen MR) is 81.3 cm³/mol. The summed E-state index contributed by atoms with van der Waals surface area (Å²) in [4.78, 5) is 2.62. The van der Waals surface area contributed by atoms with Crippen LogP contribution in [-0.2, 0) is 0 Å². The molecule has 0 aromatic rings. The summed E-state index contributed by atoms with van der Waals surface area (Å²) in [6, 6.07) is 1.73. The lowest BCUT2D eigenvalue weighted by molar-refractivity contribution is 0.168. The lowest BCUT2D eigenvalue weighted by atomic mass is 9.87. The van der Waals surface area contributed by atoms with Gasteiger partial charge in [0.1, 0.15) is 0 Å². The van der Waals surface area contributed by atoms with Crippen LogP contribution in [-0.4, -0.2) is 37.1 Å². The molecule has 3 aliphatic rings. The van der Waals surface area contributed by atoms with Crippen LogP contribution in [0.3, 0.4) is 0 Å². The molecule has 0 saturated heterocycles. The standard InChI is InChI=1S/C17H32N2/c1-13-3-9-16(10-4-13)19(2)12-11-18-17(14-5-6-14)15-7-8-15/h13-18H,3-12H2,1-2H3. The van der Waals surface area contributed by atoms with Gasteiger partial charge in [0.15, 0.2) is 0 Å². The molecule has 0 unspecified atom stereocenters. The van der Waals surface area contributed by atoms with Gasteiger partial charge in [0, 0.05) is 25.2 Å². The molecule has 0 atom stereocenters. The minimum Gasteiger partial charge on any atom is -0.312 e. The molecule has 1 N–H and O–H groups in total. The van der Waals surface area contributed by atoms with Crippen molar-refractivity contribution in [1.82, 2.24) is 10.2 Å². The summed E-state index contributed by atoms with van der Waals surface area (Å²) in [7, 11) is 2.34. The van der Waals surface area contributed by atoms with Gasteiger partial charge in [-0.3, -0.25) is 0 Å². The van der Waals surface area contributed by atoms with Gasteiger partial charge in [-0.2, -0.15) is 0 Å². The van der Waals surface area contributed by atoms with Crippen LogP contribution in [0.5, 0.6) is 0 Å². The molecule has 0 heterocycles. The molecule has 0 aliphatic heterocycles. The molecule has 0 spiro atoms. The van der Waals surface area contributed by atoms with Gasteiger partial charge in [-0.05, 0) is 76.2 Å². The number of nitrogens with zero attached hydrogens (tertiary/aromatic N) is 1. The fourth-order valence-electron chi connectivity index (χ4n) is 3.90. The number of hydrogen-bond acceptors (Lipinski definition) is 2. The first kappa shape index (κ1) is 13.9. The van der Waals surface area contributed by atoms with Gasteiger partial charge in [-0.1, -0.05) is 6.92 Å². The van der Waals surface area contributed by atoms with E-state index in [-0.39, 0.29) is 0 Å². The summed E-state index contributed by atoms with van der Waals surface area (Å²) in [5.74, 6) is 3.04. The van der Waals surface area contributed by atoms with E-state index in [4.69, 9.17) is 0 Å². The summed E-state index contributed by atoms with van der Waals surface area (Å²) < 4.78 is 0. The Balaban J connectivity index is 1.34. The molecule has 3 saturated carbocycles. The van der Waals surface area contributed by atoms with Crippen molar-refractivity contribution in [3.63, 3.8) is 0 Å². The molecule has 2 nitrogen and oxygen atoms in total. The molecule has 3 fully saturated rings. The average Bonchev–Trinajstić information content (AvgIpc) is 3.28. The van der Waals surface area contributed by atoms with Crippen molar-refractivity contribution in [2.75, 3.05) is 20.1 Å². The Morgan fingerprint density at radius 2 is 1.53 bits per heavy atom. The molecule has 3 rings (SSSR count). The van der Waals surface area contributed by atoms with E-state index in [1.165, 1.54) is 64.5 Å². The van der Waals surface area contributed by atoms with Crippen LogP contribution < -0.4 is 5.32 Å². The quantitative estimate of drug-likeness (QED) is 0.759. The fraction of sp³-hybridized carbons (Fsp3) is 1.00. The SMILES string of the molecule is CC1CCC(N(C)CCNC(C2CC2)C2CC2)CC1. The third-order valence-electron chi connectivity index (χ3n) is 5.71. The van der Waals surface area contributed by atoms with Gasteiger partial charge in [0.2, 0.25) is 0 Å². The predicted octanol–water partition coefficient (Wildman–Crippen LogP) is 3.28. The minimum atomic E-state index is 0.860. The summed E-state index contributed by atoms with van der Waals surface area (Å²) in [6.07, 6.45) is 11.7. The Kier molecular flexibility index (Phi) is 4.48. The number of rotatable bonds is 7. The average molecular weight is 264 g/mol. The molecule has 0 aromatic carbocycles. The highest BCUT2D eigenvalue weighted by molar-refractivity contribution is 4.96. The zero-order chi connectivity index (χ0) is 13.2. The summed E-state index contributed by atoms with van der Waals surface area (Å²) >= 11 is 0. The van der Waals surface area contributed by atoms with Crippen molar-refractivity contribution in [1.29, 1.82) is 0 Å². The Bertz CT molecular complexity index is 263. The maximum absolute atomic E-state index is 3.88. The summed E-state index contributed by atoms with van der Waals surface area (Å²) in [6.45, 7) is 4.86. The van der Waals surface area contributed by atoms with E-state index in [1.54, 1.807) is 0 Å². The Hall–Kier alpha value is -0.0800. The molecule has 0 radical (unpaired) electrons. The van der Waals surface area contributed by atoms with Crippen molar-refractivity contribution in [3.05, 3.63) is 0 Å². The highest BCUT2D eigenvalue weighted by Crippen LogP contribution is 2.44. The second-order valence-electron chi connectivity index (χ2n) is 7.55. The molecule has 0 amide bonds. The van der Waals surface area contributed by atoms with Crippen LogP contribution in [0.25, 0.3) is 0 Å². The van der Waals surface area contributed by atoms with Crippen molar-refractivity contribution >= 4 is 0 Å². The first-order valence-corrected chi connectivity index (χ1v) is 8.67. The fourth-order valence-corrected chi connectivity index (χ4v) is 3.90. The van der Waals surface area contributed by atoms with E-state index in [0.29, 0.717) is 0 Å². The Morgan fingerprint density at radius 1 is 0.947 bits per heavy atom. The van der Waals surface area contributed by atoms with Gasteiger partial charge in [0.05, 0.1) is 0 Å². The van der Waals surface area contributed by atoms with Gasteiger partial charge in [-0.25, -0.2) is 0 Å². The Morgan fingerprint density at radius 3 is 2.05 bits per heavy atom. The smallest absolute Gasteiger partial charge is 0.0124 e. The number of likely N-dealkylation sites (N-methyl/N-ethyl adjacent to an activating group) is 1. The van der Waals surface area contributed by atoms with Crippen LogP contribution in [0, 0.1) is 17.8 Å². The third kappa shape index (κ3) is 3.95. The van der Waals surface area contributed by atoms with E-state index in [0.717, 1.165) is 29.8 Å². The van der Waals surface area contributed by atoms with E-state index < -0.39 is 0 Å². The van der Waals surface area contributed by atoms with Crippen LogP contribution in [0.2, 0.25) is 0 Å². The van der Waals surface area contributed by atoms with E-state index >= 15 is 0 Å². The van der Waals surface area contributed by atoms with Crippen LogP contribution in [0.4, 0.5) is 0 Å². The third-order valence-corrected chi connectivity index (χ3v) is 5.71. The monoisotopic (exact) mass is 264 g/mol. The molecular formula is C17H32N2. The largest absolute Gasteiger partial charge is 0.312 e. The highest BCUT2D eigenvalue weighted by atomic mass is 15.1. The summed E-state index contributed by atoms with van der Waals surface area (Å²) in [5.41, 5.74) is 0. The van der Waals surface area contributed by atoms with Crippen LogP contribution in [0.1, 0.15) is 58.3 Å². The topological polar surface area (TPSA) is 15.3 Å². The molecule has 0 bridgehead atoms. The number of hydrogen-bond donors (Lipinski definition) is 1. The van der Waals surface area contributed by atoms with Crippen molar-refractivity contribution in [3.8, 4) is 0 Å². The zero-order valence-corrected chi connectivity index (χ0v) is 12.9. The van der Waals surface area contributed by atoms with E-state index in [1.807, 2.05) is 0 Å². The first-order chi connectivity index (χ1) is 9.24. The van der Waals surface area contributed by atoms with E-state index in [2.05, 4.69) is 24.2 Å². The Labute approximate surface area is 119 Å². The maximum Gasteiger partial charge on any atom is 0.0124 e. The van der Waals surface area contributed by atoms with Crippen LogP contribution in [0.15, 0.2) is 0 Å². The number of nitrogens with one attached hydrogen (secondary N) is 1. The van der Waals surface area contributed by atoms with Crippen molar-refractivity contribution < 1.29 is 0 Å². The summed E-state index contributed by atoms with van der Waals surface area (Å²) in [5, 5.41) is 3.88. The van der Waals surface area contributed by atoms with Gasteiger partial charge >= 0.3 is 0 Å². The highest BCUT2D eigenvalue weighted by Gasteiger charge is 2.40. The van der Waals surface area contributed by atoms with Gasteiger partial charge in [-0.15, -0.1) is 0 Å². The first-order valence-electron chi connectivity index (χ1n) is 8.67. The van der Waals surface area contributed by atoms with Gasteiger partial charge < -0.3 is 10.2 Å². The molecular weight excluding hydrogens is 232 g/mol. The molecule has 3 aliphatic carbocycles. The minimum absolute atomic E-state index is 0.860. The van der Waals surface area contributed by atoms with Crippen LogP contribution >= 0.6 is 0 Å². The second-order valence-corrected chi connectivity index (χ2v) is 7.55. The van der Waals surface area contributed by atoms with Crippen molar-refractivity contribution in [2.45, 2.75) is 70.4 Å². The van der Waals surface area contributed by atoms with Gasteiger partial charge in [0.25, 0.3) is 0 Å². The molecule has 110 valence electrons. The second kappa shape index (κ2) is 6.13. The molecule has 2 heteroatoms. The van der Waals surface area contributed by atoms with E-state index in [9.17, 15) is 0 Å². The lowest BCUT2D eigenvalue weighted by Gasteiger charge is -2.34. The molecule has 19 heavy (non-hydrogen) atoms. The zero-order valence-electron chi connectivity index (χ0n) is 12.9. The van der Waals surface area contributed by atoms with Crippen molar-refractivity contribution in [2.24, 2.45) is 17.8 Å².